The number of ether oxygens (including phenoxy) is 1. The first-order valence-electron chi connectivity index (χ1n) is 9.22. The average Bonchev–Trinajstić information content (AvgIpc) is 2.73. The SMILES string of the molecule is CCC(=O)N1CCO[C@](Cc2ccccc2-c2ccncc2)(C(=O)NC)C1. The number of pyridine rings is 1. The van der Waals surface area contributed by atoms with Crippen molar-refractivity contribution >= 4 is 11.8 Å². The minimum absolute atomic E-state index is 0.0361. The van der Waals surface area contributed by atoms with Crippen molar-refractivity contribution in [3.8, 4) is 11.1 Å². The van der Waals surface area contributed by atoms with Crippen molar-refractivity contribution in [3.63, 3.8) is 0 Å². The highest BCUT2D eigenvalue weighted by molar-refractivity contribution is 5.87. The van der Waals surface area contributed by atoms with Crippen molar-refractivity contribution in [3.05, 3.63) is 54.4 Å². The zero-order chi connectivity index (χ0) is 19.3. The first-order chi connectivity index (χ1) is 13.1. The maximum absolute atomic E-state index is 12.8. The molecule has 1 aliphatic rings. The molecule has 1 atom stereocenters. The lowest BCUT2D eigenvalue weighted by atomic mass is 9.87. The third-order valence-electron chi connectivity index (χ3n) is 4.97. The third-order valence-corrected chi connectivity index (χ3v) is 4.97. The van der Waals surface area contributed by atoms with E-state index >= 15 is 0 Å². The molecule has 0 radical (unpaired) electrons. The minimum atomic E-state index is -1.10. The Morgan fingerprint density at radius 3 is 2.67 bits per heavy atom. The van der Waals surface area contributed by atoms with Crippen LogP contribution in [0.2, 0.25) is 0 Å². The number of amides is 2. The Hall–Kier alpha value is -2.73. The maximum Gasteiger partial charge on any atom is 0.254 e. The summed E-state index contributed by atoms with van der Waals surface area (Å²) in [5, 5.41) is 2.72. The van der Waals surface area contributed by atoms with Gasteiger partial charge in [0, 0.05) is 38.8 Å². The first kappa shape index (κ1) is 19.0. The van der Waals surface area contributed by atoms with Gasteiger partial charge in [0.25, 0.3) is 5.91 Å². The second-order valence-corrected chi connectivity index (χ2v) is 6.66. The van der Waals surface area contributed by atoms with E-state index in [4.69, 9.17) is 4.74 Å². The number of hydrogen-bond acceptors (Lipinski definition) is 4. The van der Waals surface area contributed by atoms with E-state index in [9.17, 15) is 9.59 Å². The largest absolute Gasteiger partial charge is 0.361 e. The molecule has 2 heterocycles. The molecule has 0 aliphatic carbocycles. The molecule has 1 fully saturated rings. The topological polar surface area (TPSA) is 71.5 Å². The summed E-state index contributed by atoms with van der Waals surface area (Å²) in [7, 11) is 1.60. The van der Waals surface area contributed by atoms with Crippen LogP contribution in [0.25, 0.3) is 11.1 Å². The predicted molar refractivity (Wildman–Crippen MR) is 103 cm³/mol. The summed E-state index contributed by atoms with van der Waals surface area (Å²) in [5.41, 5.74) is 1.97. The summed E-state index contributed by atoms with van der Waals surface area (Å²) < 4.78 is 6.02. The van der Waals surface area contributed by atoms with Crippen LogP contribution in [0.1, 0.15) is 18.9 Å². The molecule has 6 heteroatoms. The van der Waals surface area contributed by atoms with Gasteiger partial charge in [-0.25, -0.2) is 0 Å². The Kier molecular flexibility index (Phi) is 5.86. The molecule has 1 aromatic carbocycles. The number of benzene rings is 1. The van der Waals surface area contributed by atoms with Crippen LogP contribution in [0.5, 0.6) is 0 Å². The highest BCUT2D eigenvalue weighted by Gasteiger charge is 2.44. The number of carbonyl (C=O) groups excluding carboxylic acids is 2. The smallest absolute Gasteiger partial charge is 0.254 e. The summed E-state index contributed by atoms with van der Waals surface area (Å²) in [5.74, 6) is -0.172. The van der Waals surface area contributed by atoms with Gasteiger partial charge in [0.05, 0.1) is 13.2 Å². The van der Waals surface area contributed by atoms with Gasteiger partial charge in [-0.05, 0) is 28.8 Å². The first-order valence-corrected chi connectivity index (χ1v) is 9.22. The molecule has 2 aromatic rings. The molecule has 3 rings (SSSR count). The van der Waals surface area contributed by atoms with Gasteiger partial charge in [-0.3, -0.25) is 14.6 Å². The van der Waals surface area contributed by atoms with Crippen LogP contribution in [-0.2, 0) is 20.7 Å². The van der Waals surface area contributed by atoms with Crippen LogP contribution in [0.4, 0.5) is 0 Å². The predicted octanol–water partition coefficient (Wildman–Crippen LogP) is 2.04. The van der Waals surface area contributed by atoms with Crippen molar-refractivity contribution in [1.82, 2.24) is 15.2 Å². The fourth-order valence-corrected chi connectivity index (χ4v) is 3.57. The zero-order valence-electron chi connectivity index (χ0n) is 15.8. The summed E-state index contributed by atoms with van der Waals surface area (Å²) in [6, 6.07) is 11.8. The molecular weight excluding hydrogens is 342 g/mol. The Morgan fingerprint density at radius 1 is 1.22 bits per heavy atom. The summed E-state index contributed by atoms with van der Waals surface area (Å²) >= 11 is 0. The van der Waals surface area contributed by atoms with E-state index in [1.807, 2.05) is 43.3 Å². The molecular formula is C21H25N3O3. The molecule has 27 heavy (non-hydrogen) atoms. The molecule has 0 saturated carbocycles. The molecule has 6 nitrogen and oxygen atoms in total. The molecule has 1 saturated heterocycles. The molecule has 142 valence electrons. The van der Waals surface area contributed by atoms with Crippen LogP contribution < -0.4 is 5.32 Å². The lowest BCUT2D eigenvalue weighted by molar-refractivity contribution is -0.165. The molecule has 2 amide bonds. The number of nitrogens with one attached hydrogen (secondary N) is 1. The van der Waals surface area contributed by atoms with Gasteiger partial charge in [-0.15, -0.1) is 0 Å². The third kappa shape index (κ3) is 4.01. The maximum atomic E-state index is 12.8. The van der Waals surface area contributed by atoms with Crippen molar-refractivity contribution in [1.29, 1.82) is 0 Å². The van der Waals surface area contributed by atoms with Crippen molar-refractivity contribution in [2.75, 3.05) is 26.7 Å². The van der Waals surface area contributed by atoms with Gasteiger partial charge in [0.15, 0.2) is 5.60 Å². The standard InChI is InChI=1S/C21H25N3O3/c1-3-19(25)24-12-13-27-21(15-24,20(26)22-2)14-17-6-4-5-7-18(17)16-8-10-23-11-9-16/h4-11H,3,12-15H2,1-2H3,(H,22,26)/t21-/m0/s1. The number of carbonyl (C=O) groups is 2. The average molecular weight is 367 g/mol. The lowest BCUT2D eigenvalue weighted by Crippen LogP contribution is -2.61. The Morgan fingerprint density at radius 2 is 1.96 bits per heavy atom. The molecule has 1 aromatic heterocycles. The van der Waals surface area contributed by atoms with Gasteiger partial charge in [-0.1, -0.05) is 31.2 Å². The Labute approximate surface area is 159 Å². The number of morpholine rings is 1. The summed E-state index contributed by atoms with van der Waals surface area (Å²) in [6.45, 7) is 2.94. The van der Waals surface area contributed by atoms with Gasteiger partial charge >= 0.3 is 0 Å². The molecule has 1 aliphatic heterocycles. The van der Waals surface area contributed by atoms with E-state index < -0.39 is 5.60 Å². The van der Waals surface area contributed by atoms with Gasteiger partial charge in [-0.2, -0.15) is 0 Å². The number of hydrogen-bond donors (Lipinski definition) is 1. The molecule has 0 bridgehead atoms. The van der Waals surface area contributed by atoms with Gasteiger partial charge in [0.2, 0.25) is 5.91 Å². The molecule has 0 spiro atoms. The fraction of sp³-hybridized carbons (Fsp3) is 0.381. The minimum Gasteiger partial charge on any atom is -0.361 e. The second kappa shape index (κ2) is 8.31. The summed E-state index contributed by atoms with van der Waals surface area (Å²) in [6.07, 6.45) is 4.30. The van der Waals surface area contributed by atoms with Crippen molar-refractivity contribution in [2.24, 2.45) is 0 Å². The fourth-order valence-electron chi connectivity index (χ4n) is 3.57. The molecule has 1 N–H and O–H groups in total. The lowest BCUT2D eigenvalue weighted by Gasteiger charge is -2.41. The van der Waals surface area contributed by atoms with E-state index in [0.29, 0.717) is 26.0 Å². The van der Waals surface area contributed by atoms with E-state index in [0.717, 1.165) is 16.7 Å². The second-order valence-electron chi connectivity index (χ2n) is 6.66. The Bertz CT molecular complexity index is 809. The number of nitrogens with zero attached hydrogens (tertiary/aromatic N) is 2. The normalized spacial score (nSPS) is 19.6. The number of aromatic nitrogens is 1. The van der Waals surface area contributed by atoms with Crippen LogP contribution >= 0.6 is 0 Å². The highest BCUT2D eigenvalue weighted by Crippen LogP contribution is 2.30. The highest BCUT2D eigenvalue weighted by atomic mass is 16.5. The Balaban J connectivity index is 1.97. The number of rotatable bonds is 5. The van der Waals surface area contributed by atoms with E-state index in [2.05, 4.69) is 10.3 Å². The number of likely N-dealkylation sites (N-methyl/N-ethyl adjacent to an activating group) is 1. The van der Waals surface area contributed by atoms with Crippen LogP contribution in [0, 0.1) is 0 Å². The van der Waals surface area contributed by atoms with Crippen LogP contribution in [0.15, 0.2) is 48.8 Å². The van der Waals surface area contributed by atoms with Crippen LogP contribution in [-0.4, -0.2) is 54.0 Å². The van der Waals surface area contributed by atoms with Gasteiger partial charge < -0.3 is 15.0 Å². The quantitative estimate of drug-likeness (QED) is 0.878. The zero-order valence-corrected chi connectivity index (χ0v) is 15.8. The van der Waals surface area contributed by atoms with Crippen molar-refractivity contribution in [2.45, 2.75) is 25.4 Å². The van der Waals surface area contributed by atoms with Crippen LogP contribution in [0.3, 0.4) is 0 Å². The van der Waals surface area contributed by atoms with E-state index in [1.54, 1.807) is 24.3 Å². The van der Waals surface area contributed by atoms with Gasteiger partial charge in [0.1, 0.15) is 0 Å². The van der Waals surface area contributed by atoms with E-state index in [1.165, 1.54) is 0 Å². The van der Waals surface area contributed by atoms with E-state index in [-0.39, 0.29) is 18.4 Å². The van der Waals surface area contributed by atoms with Crippen molar-refractivity contribution < 1.29 is 14.3 Å². The summed E-state index contributed by atoms with van der Waals surface area (Å²) in [4.78, 5) is 30.9. The molecule has 0 unspecified atom stereocenters. The monoisotopic (exact) mass is 367 g/mol.